The van der Waals surface area contributed by atoms with Gasteiger partial charge in [-0.3, -0.25) is 0 Å². The monoisotopic (exact) mass is 403 g/mol. The van der Waals surface area contributed by atoms with Gasteiger partial charge in [0, 0.05) is 17.0 Å². The van der Waals surface area contributed by atoms with Crippen molar-refractivity contribution in [2.45, 2.75) is 38.2 Å². The molecule has 2 fully saturated rings. The van der Waals surface area contributed by atoms with Crippen molar-refractivity contribution in [1.82, 2.24) is 9.97 Å². The van der Waals surface area contributed by atoms with E-state index in [0.717, 1.165) is 65.5 Å². The molecule has 3 N–H and O–H groups in total. The van der Waals surface area contributed by atoms with Crippen LogP contribution in [0.4, 0.5) is 5.69 Å². The molecular formula is C24H27N4O2+. The van der Waals surface area contributed by atoms with E-state index in [1.54, 1.807) is 0 Å². The molecule has 2 aromatic carbocycles. The summed E-state index contributed by atoms with van der Waals surface area (Å²) in [6.45, 7) is 5.38. The largest absolute Gasteiger partial charge is 0.483 e. The summed E-state index contributed by atoms with van der Waals surface area (Å²) in [5.74, 6) is 2.60. The minimum atomic E-state index is 0.251. The summed E-state index contributed by atoms with van der Waals surface area (Å²) < 4.78 is 14.3. The quantitative estimate of drug-likeness (QED) is 0.507. The van der Waals surface area contributed by atoms with Gasteiger partial charge in [-0.15, -0.1) is 0 Å². The first-order valence-corrected chi connectivity index (χ1v) is 10.9. The third-order valence-electron chi connectivity index (χ3n) is 6.56. The van der Waals surface area contributed by atoms with E-state index in [1.165, 1.54) is 24.1 Å². The molecule has 3 aromatic rings. The first-order valence-electron chi connectivity index (χ1n) is 10.9. The number of rotatable bonds is 2. The number of aromatic amines is 1. The molecule has 0 amide bonds. The highest BCUT2D eigenvalue weighted by molar-refractivity contribution is 5.99. The number of hydrogen-bond donors (Lipinski definition) is 2. The Morgan fingerprint density at radius 1 is 1.17 bits per heavy atom. The Morgan fingerprint density at radius 2 is 2.07 bits per heavy atom. The minimum absolute atomic E-state index is 0.251. The van der Waals surface area contributed by atoms with Gasteiger partial charge in [0.05, 0.1) is 17.6 Å². The van der Waals surface area contributed by atoms with Crippen molar-refractivity contribution in [3.8, 4) is 16.9 Å². The number of H-pyrrole nitrogens is 1. The fraction of sp³-hybridized carbons (Fsp3) is 0.417. The molecule has 0 radical (unpaired) electrons. The molecule has 3 aliphatic rings. The van der Waals surface area contributed by atoms with Crippen molar-refractivity contribution >= 4 is 22.4 Å². The van der Waals surface area contributed by atoms with Crippen LogP contribution in [-0.4, -0.2) is 52.7 Å². The number of benzene rings is 2. The first-order chi connectivity index (χ1) is 14.7. The van der Waals surface area contributed by atoms with Crippen LogP contribution in [0.3, 0.4) is 0 Å². The van der Waals surface area contributed by atoms with E-state index < -0.39 is 0 Å². The Labute approximate surface area is 175 Å². The molecule has 0 bridgehead atoms. The predicted octanol–water partition coefficient (Wildman–Crippen LogP) is 3.50. The number of imidazole rings is 1. The Morgan fingerprint density at radius 3 is 2.90 bits per heavy atom. The highest BCUT2D eigenvalue weighted by atomic mass is 16.5. The summed E-state index contributed by atoms with van der Waals surface area (Å²) in [6, 6.07) is 10.5. The van der Waals surface area contributed by atoms with Crippen molar-refractivity contribution in [2.24, 2.45) is 0 Å². The number of morpholine rings is 1. The van der Waals surface area contributed by atoms with E-state index in [4.69, 9.17) is 20.2 Å². The third kappa shape index (κ3) is 2.98. The summed E-state index contributed by atoms with van der Waals surface area (Å²) in [5, 5.41) is 0. The average molecular weight is 404 g/mol. The van der Waals surface area contributed by atoms with Crippen molar-refractivity contribution in [3.63, 3.8) is 0 Å². The molecule has 1 saturated carbocycles. The van der Waals surface area contributed by atoms with Crippen LogP contribution in [0, 0.1) is 0 Å². The fourth-order valence-electron chi connectivity index (χ4n) is 4.76. The highest BCUT2D eigenvalue weighted by Crippen LogP contribution is 2.42. The molecule has 1 saturated heterocycles. The van der Waals surface area contributed by atoms with Gasteiger partial charge < -0.3 is 20.2 Å². The third-order valence-corrected chi connectivity index (χ3v) is 6.56. The maximum absolute atomic E-state index is 6.66. The number of anilines is 1. The van der Waals surface area contributed by atoms with Crippen LogP contribution in [0.1, 0.15) is 37.1 Å². The zero-order chi connectivity index (χ0) is 20.2. The maximum Gasteiger partial charge on any atom is 0.194 e. The van der Waals surface area contributed by atoms with E-state index in [9.17, 15) is 0 Å². The zero-order valence-corrected chi connectivity index (χ0v) is 17.3. The highest BCUT2D eigenvalue weighted by Gasteiger charge is 2.30. The Kier molecular flexibility index (Phi) is 4.09. The lowest BCUT2D eigenvalue weighted by Gasteiger charge is -2.25. The summed E-state index contributed by atoms with van der Waals surface area (Å²) in [6.07, 6.45) is 3.56. The summed E-state index contributed by atoms with van der Waals surface area (Å²) in [4.78, 5) is 8.29. The van der Waals surface area contributed by atoms with Crippen LogP contribution in [0.5, 0.6) is 5.75 Å². The summed E-state index contributed by atoms with van der Waals surface area (Å²) in [5.41, 5.74) is 14.0. The number of ether oxygens (including phenoxy) is 2. The Hall–Kier alpha value is -2.86. The topological polar surface area (TPSA) is 76.2 Å². The van der Waals surface area contributed by atoms with E-state index >= 15 is 0 Å². The molecule has 0 unspecified atom stereocenters. The van der Waals surface area contributed by atoms with Gasteiger partial charge in [0.1, 0.15) is 29.8 Å². The summed E-state index contributed by atoms with van der Waals surface area (Å²) in [7, 11) is 0. The van der Waals surface area contributed by atoms with Gasteiger partial charge in [-0.2, -0.15) is 0 Å². The molecule has 2 aliphatic heterocycles. The number of aromatic nitrogens is 2. The van der Waals surface area contributed by atoms with Crippen LogP contribution in [0.25, 0.3) is 22.2 Å². The molecule has 6 heteroatoms. The normalized spacial score (nSPS) is 24.0. The Bertz CT molecular complexity index is 1180. The second-order valence-electron chi connectivity index (χ2n) is 8.76. The number of nitrogens with zero attached hydrogens (tertiary/aromatic N) is 2. The van der Waals surface area contributed by atoms with Gasteiger partial charge >= 0.3 is 0 Å². The van der Waals surface area contributed by atoms with Gasteiger partial charge in [0.15, 0.2) is 25.4 Å². The number of hydrogen-bond acceptors (Lipinski definition) is 4. The van der Waals surface area contributed by atoms with Crippen LogP contribution in [-0.2, 0) is 11.2 Å². The molecule has 6 rings (SSSR count). The van der Waals surface area contributed by atoms with Crippen molar-refractivity contribution < 1.29 is 14.0 Å². The molecule has 6 nitrogen and oxygen atoms in total. The van der Waals surface area contributed by atoms with Crippen LogP contribution in [0.15, 0.2) is 30.3 Å². The van der Waals surface area contributed by atoms with Crippen LogP contribution < -0.4 is 10.5 Å². The Balaban J connectivity index is 1.43. The summed E-state index contributed by atoms with van der Waals surface area (Å²) >= 11 is 0. The smallest absolute Gasteiger partial charge is 0.194 e. The fourth-order valence-corrected chi connectivity index (χ4v) is 4.76. The number of fused-ring (bicyclic) bond motifs is 2. The SMILES string of the molecule is C[C@@H]1C[N+](=C2COc3cccc(-c4ccc5[nH]c(C6CC6)nc5c4N)c3C2)CCO1. The van der Waals surface area contributed by atoms with E-state index in [-0.39, 0.29) is 6.10 Å². The molecule has 1 aromatic heterocycles. The average Bonchev–Trinajstić information content (AvgIpc) is 3.52. The van der Waals surface area contributed by atoms with Crippen molar-refractivity contribution in [2.75, 3.05) is 32.0 Å². The van der Waals surface area contributed by atoms with Gasteiger partial charge in [0.2, 0.25) is 0 Å². The van der Waals surface area contributed by atoms with Crippen molar-refractivity contribution in [1.29, 1.82) is 0 Å². The van der Waals surface area contributed by atoms with E-state index in [0.29, 0.717) is 12.5 Å². The molecule has 30 heavy (non-hydrogen) atoms. The van der Waals surface area contributed by atoms with Crippen molar-refractivity contribution in [3.05, 3.63) is 41.7 Å². The molecule has 3 heterocycles. The lowest BCUT2D eigenvalue weighted by molar-refractivity contribution is -0.559. The zero-order valence-electron chi connectivity index (χ0n) is 17.3. The second kappa shape index (κ2) is 6.84. The van der Waals surface area contributed by atoms with E-state index in [2.05, 4.69) is 46.8 Å². The molecule has 0 spiro atoms. The van der Waals surface area contributed by atoms with Crippen LogP contribution in [0.2, 0.25) is 0 Å². The van der Waals surface area contributed by atoms with E-state index in [1.807, 2.05) is 0 Å². The minimum Gasteiger partial charge on any atom is -0.483 e. The number of nitrogen functional groups attached to an aromatic ring is 1. The number of nitrogens with two attached hydrogens (primary N) is 1. The van der Waals surface area contributed by atoms with Gasteiger partial charge in [0.25, 0.3) is 0 Å². The first kappa shape index (κ1) is 18.0. The molecular weight excluding hydrogens is 376 g/mol. The molecule has 1 aliphatic carbocycles. The molecule has 154 valence electrons. The van der Waals surface area contributed by atoms with Crippen LogP contribution >= 0.6 is 0 Å². The second-order valence-corrected chi connectivity index (χ2v) is 8.76. The van der Waals surface area contributed by atoms with Gasteiger partial charge in [-0.05, 0) is 37.5 Å². The lowest BCUT2D eigenvalue weighted by atomic mass is 9.92. The van der Waals surface area contributed by atoms with Gasteiger partial charge in [-0.1, -0.05) is 18.2 Å². The standard InChI is InChI=1S/C24H27N4O2/c1-14-12-28(9-10-29-14)16-11-19-17(3-2-4-21(19)30-13-16)18-7-8-20-23(22(18)25)27-24(26-20)15-5-6-15/h2-4,7-8,14-15H,5-6,9-13,25H2,1H3,(H,26,27)/q+1/t14-/m1/s1. The molecule has 1 atom stereocenters. The number of nitrogens with one attached hydrogen (secondary N) is 1. The van der Waals surface area contributed by atoms with Gasteiger partial charge in [-0.25, -0.2) is 9.56 Å². The maximum atomic E-state index is 6.66. The lowest BCUT2D eigenvalue weighted by Crippen LogP contribution is -2.41. The predicted molar refractivity (Wildman–Crippen MR) is 118 cm³/mol.